The molecule has 14 heavy (non-hydrogen) atoms. The van der Waals surface area contributed by atoms with Crippen LogP contribution in [0, 0.1) is 17.2 Å². The lowest BCUT2D eigenvalue weighted by atomic mass is 9.94. The highest BCUT2D eigenvalue weighted by molar-refractivity contribution is 7.10. The van der Waals surface area contributed by atoms with Gasteiger partial charge in [0.05, 0.1) is 11.5 Å². The van der Waals surface area contributed by atoms with E-state index >= 15 is 0 Å². The fourth-order valence-electron chi connectivity index (χ4n) is 1.31. The van der Waals surface area contributed by atoms with E-state index in [1.54, 1.807) is 11.4 Å². The highest BCUT2D eigenvalue weighted by Gasteiger charge is 2.24. The SMILES string of the molecule is CC(C)C(C(=O)O)c1cc(C#N)cs1. The zero-order valence-electron chi connectivity index (χ0n) is 8.02. The van der Waals surface area contributed by atoms with Crippen LogP contribution in [0.5, 0.6) is 0 Å². The Morgan fingerprint density at radius 3 is 2.64 bits per heavy atom. The molecule has 4 heteroatoms. The molecule has 3 nitrogen and oxygen atoms in total. The van der Waals surface area contributed by atoms with Crippen molar-refractivity contribution in [2.24, 2.45) is 5.92 Å². The maximum Gasteiger partial charge on any atom is 0.312 e. The van der Waals surface area contributed by atoms with E-state index in [-0.39, 0.29) is 5.92 Å². The van der Waals surface area contributed by atoms with Crippen LogP contribution in [0.4, 0.5) is 0 Å². The van der Waals surface area contributed by atoms with Gasteiger partial charge in [-0.15, -0.1) is 11.3 Å². The third-order valence-corrected chi connectivity index (χ3v) is 3.00. The van der Waals surface area contributed by atoms with Crippen LogP contribution in [0.3, 0.4) is 0 Å². The Morgan fingerprint density at radius 1 is 1.64 bits per heavy atom. The first kappa shape index (κ1) is 10.7. The normalized spacial score (nSPS) is 12.4. The smallest absolute Gasteiger partial charge is 0.312 e. The molecule has 0 amide bonds. The number of carbonyl (C=O) groups is 1. The minimum Gasteiger partial charge on any atom is -0.481 e. The van der Waals surface area contributed by atoms with Crippen LogP contribution in [0.2, 0.25) is 0 Å². The van der Waals surface area contributed by atoms with Gasteiger partial charge in [0.1, 0.15) is 6.07 Å². The Bertz CT molecular complexity index is 376. The molecule has 74 valence electrons. The van der Waals surface area contributed by atoms with E-state index in [1.807, 2.05) is 19.9 Å². The Hall–Kier alpha value is -1.34. The summed E-state index contributed by atoms with van der Waals surface area (Å²) in [6.07, 6.45) is 0. The molecule has 0 aliphatic heterocycles. The van der Waals surface area contributed by atoms with Gasteiger partial charge < -0.3 is 5.11 Å². The van der Waals surface area contributed by atoms with Gasteiger partial charge in [0.15, 0.2) is 0 Å². The molecule has 0 aliphatic carbocycles. The number of thiophene rings is 1. The van der Waals surface area contributed by atoms with E-state index in [0.29, 0.717) is 5.56 Å². The van der Waals surface area contributed by atoms with Crippen LogP contribution < -0.4 is 0 Å². The summed E-state index contributed by atoms with van der Waals surface area (Å²) < 4.78 is 0. The van der Waals surface area contributed by atoms with E-state index in [2.05, 4.69) is 0 Å². The monoisotopic (exact) mass is 209 g/mol. The molecule has 1 unspecified atom stereocenters. The van der Waals surface area contributed by atoms with E-state index < -0.39 is 11.9 Å². The second kappa shape index (κ2) is 4.25. The number of nitriles is 1. The number of carboxylic acid groups (broad SMARTS) is 1. The Labute approximate surface area is 86.6 Å². The predicted octanol–water partition coefficient (Wildman–Crippen LogP) is 2.44. The number of hydrogen-bond donors (Lipinski definition) is 1. The lowest BCUT2D eigenvalue weighted by Gasteiger charge is -2.13. The summed E-state index contributed by atoms with van der Waals surface area (Å²) >= 11 is 1.34. The van der Waals surface area contributed by atoms with Gasteiger partial charge in [-0.1, -0.05) is 13.8 Å². The molecule has 1 rings (SSSR count). The summed E-state index contributed by atoms with van der Waals surface area (Å²) in [4.78, 5) is 11.7. The molecule has 1 atom stereocenters. The molecule has 0 fully saturated rings. The third-order valence-electron chi connectivity index (χ3n) is 1.99. The molecule has 0 bridgehead atoms. The van der Waals surface area contributed by atoms with Crippen LogP contribution in [-0.2, 0) is 4.79 Å². The fraction of sp³-hybridized carbons (Fsp3) is 0.400. The molecule has 0 spiro atoms. The third kappa shape index (κ3) is 2.12. The van der Waals surface area contributed by atoms with E-state index in [1.165, 1.54) is 11.3 Å². The number of rotatable bonds is 3. The molecular weight excluding hydrogens is 198 g/mol. The topological polar surface area (TPSA) is 61.1 Å². The number of hydrogen-bond acceptors (Lipinski definition) is 3. The average Bonchev–Trinajstić information content (AvgIpc) is 2.51. The van der Waals surface area contributed by atoms with E-state index in [0.717, 1.165) is 4.88 Å². The zero-order chi connectivity index (χ0) is 10.7. The molecule has 1 heterocycles. The van der Waals surface area contributed by atoms with Crippen molar-refractivity contribution in [2.75, 3.05) is 0 Å². The van der Waals surface area contributed by atoms with Crippen LogP contribution in [0.15, 0.2) is 11.4 Å². The second-order valence-electron chi connectivity index (χ2n) is 3.41. The predicted molar refractivity (Wildman–Crippen MR) is 54.2 cm³/mol. The van der Waals surface area contributed by atoms with Crippen molar-refractivity contribution in [3.05, 3.63) is 21.9 Å². The minimum atomic E-state index is -0.827. The molecule has 0 aromatic carbocycles. The van der Waals surface area contributed by atoms with Crippen molar-refractivity contribution in [1.82, 2.24) is 0 Å². The summed E-state index contributed by atoms with van der Waals surface area (Å²) in [5.41, 5.74) is 0.539. The number of carboxylic acids is 1. The van der Waals surface area contributed by atoms with Gasteiger partial charge in [-0.3, -0.25) is 4.79 Å². The lowest BCUT2D eigenvalue weighted by Crippen LogP contribution is -2.16. The number of nitrogens with zero attached hydrogens (tertiary/aromatic N) is 1. The average molecular weight is 209 g/mol. The Morgan fingerprint density at radius 2 is 2.29 bits per heavy atom. The van der Waals surface area contributed by atoms with Crippen molar-refractivity contribution >= 4 is 17.3 Å². The summed E-state index contributed by atoms with van der Waals surface area (Å²) in [6.45, 7) is 3.73. The van der Waals surface area contributed by atoms with Gasteiger partial charge >= 0.3 is 5.97 Å². The fourth-order valence-corrected chi connectivity index (χ4v) is 2.41. The van der Waals surface area contributed by atoms with Crippen LogP contribution >= 0.6 is 11.3 Å². The maximum absolute atomic E-state index is 11.0. The highest BCUT2D eigenvalue weighted by Crippen LogP contribution is 2.29. The second-order valence-corrected chi connectivity index (χ2v) is 4.35. The van der Waals surface area contributed by atoms with Gasteiger partial charge in [0.2, 0.25) is 0 Å². The van der Waals surface area contributed by atoms with E-state index in [9.17, 15) is 4.79 Å². The van der Waals surface area contributed by atoms with Crippen LogP contribution in [-0.4, -0.2) is 11.1 Å². The zero-order valence-corrected chi connectivity index (χ0v) is 8.84. The first-order valence-corrected chi connectivity index (χ1v) is 5.15. The molecular formula is C10H11NO2S. The highest BCUT2D eigenvalue weighted by atomic mass is 32.1. The quantitative estimate of drug-likeness (QED) is 0.831. The maximum atomic E-state index is 11.0. The first-order chi connectivity index (χ1) is 6.56. The molecule has 0 radical (unpaired) electrons. The van der Waals surface area contributed by atoms with Gasteiger partial charge in [-0.05, 0) is 12.0 Å². The molecule has 1 aromatic heterocycles. The lowest BCUT2D eigenvalue weighted by molar-refractivity contribution is -0.139. The van der Waals surface area contributed by atoms with Crippen molar-refractivity contribution in [3.63, 3.8) is 0 Å². The number of aliphatic carboxylic acids is 1. The van der Waals surface area contributed by atoms with E-state index in [4.69, 9.17) is 10.4 Å². The van der Waals surface area contributed by atoms with Gasteiger partial charge in [0.25, 0.3) is 0 Å². The van der Waals surface area contributed by atoms with Gasteiger partial charge in [-0.2, -0.15) is 5.26 Å². The van der Waals surface area contributed by atoms with Crippen molar-refractivity contribution in [3.8, 4) is 6.07 Å². The van der Waals surface area contributed by atoms with Gasteiger partial charge in [-0.25, -0.2) is 0 Å². The summed E-state index contributed by atoms with van der Waals surface area (Å²) in [5.74, 6) is -1.29. The molecule has 0 saturated carbocycles. The standard InChI is InChI=1S/C10H11NO2S/c1-6(2)9(10(12)13)8-3-7(4-11)5-14-8/h3,5-6,9H,1-2H3,(H,12,13). The minimum absolute atomic E-state index is 0.0395. The molecule has 1 aromatic rings. The van der Waals surface area contributed by atoms with Gasteiger partial charge in [0, 0.05) is 10.3 Å². The summed E-state index contributed by atoms with van der Waals surface area (Å²) in [5, 5.41) is 19.3. The Balaban J connectivity index is 3.01. The molecule has 0 saturated heterocycles. The van der Waals surface area contributed by atoms with Crippen molar-refractivity contribution in [2.45, 2.75) is 19.8 Å². The Kier molecular flexibility index (Phi) is 3.26. The largest absolute Gasteiger partial charge is 0.481 e. The van der Waals surface area contributed by atoms with Crippen molar-refractivity contribution in [1.29, 1.82) is 5.26 Å². The summed E-state index contributed by atoms with van der Waals surface area (Å²) in [7, 11) is 0. The molecule has 0 aliphatic rings. The summed E-state index contributed by atoms with van der Waals surface area (Å²) in [6, 6.07) is 3.65. The van der Waals surface area contributed by atoms with Crippen LogP contribution in [0.25, 0.3) is 0 Å². The first-order valence-electron chi connectivity index (χ1n) is 4.27. The van der Waals surface area contributed by atoms with Crippen molar-refractivity contribution < 1.29 is 9.90 Å². The molecule has 1 N–H and O–H groups in total. The van der Waals surface area contributed by atoms with Crippen LogP contribution in [0.1, 0.15) is 30.2 Å².